The number of nitrogens with one attached hydrogen (secondary N) is 2. The number of fused-ring (bicyclic) bond motifs is 1. The zero-order valence-electron chi connectivity index (χ0n) is 20.3. The Kier molecular flexibility index (Phi) is 8.67. The summed E-state index contributed by atoms with van der Waals surface area (Å²) in [5, 5.41) is 19.9. The largest absolute Gasteiger partial charge is 0.481 e. The molecule has 1 aliphatic heterocycles. The lowest BCUT2D eigenvalue weighted by molar-refractivity contribution is -0.136. The Labute approximate surface area is 211 Å². The summed E-state index contributed by atoms with van der Waals surface area (Å²) in [5.74, 6) is -0.190. The molecule has 0 spiro atoms. The summed E-state index contributed by atoms with van der Waals surface area (Å²) in [4.78, 5) is 15.2. The summed E-state index contributed by atoms with van der Waals surface area (Å²) in [6.07, 6.45) is 6.52. The van der Waals surface area contributed by atoms with Gasteiger partial charge in [0, 0.05) is 37.1 Å². The van der Waals surface area contributed by atoms with Crippen LogP contribution >= 0.6 is 0 Å². The number of pyridine rings is 1. The topological polar surface area (TPSA) is 101 Å². The van der Waals surface area contributed by atoms with E-state index in [1.54, 1.807) is 10.9 Å². The summed E-state index contributed by atoms with van der Waals surface area (Å²) < 4.78 is 7.79. The summed E-state index contributed by atoms with van der Waals surface area (Å²) in [7, 11) is 1.89. The maximum Gasteiger partial charge on any atom is 0.307 e. The number of carboxylic acid groups (broad SMARTS) is 1. The average molecular weight is 486 g/mol. The molecule has 0 amide bonds. The van der Waals surface area contributed by atoms with E-state index in [2.05, 4.69) is 20.7 Å². The molecule has 2 aromatic heterocycles. The van der Waals surface area contributed by atoms with Crippen molar-refractivity contribution in [2.24, 2.45) is 7.05 Å². The van der Waals surface area contributed by atoms with Gasteiger partial charge in [-0.3, -0.25) is 9.48 Å². The zero-order valence-corrected chi connectivity index (χ0v) is 20.3. The van der Waals surface area contributed by atoms with Crippen molar-refractivity contribution in [2.75, 3.05) is 25.0 Å². The Morgan fingerprint density at radius 2 is 1.78 bits per heavy atom. The molecule has 2 aromatic carbocycles. The molecule has 36 heavy (non-hydrogen) atoms. The molecule has 1 aliphatic rings. The average Bonchev–Trinajstić information content (AvgIpc) is 3.34. The van der Waals surface area contributed by atoms with Gasteiger partial charge in [-0.15, -0.1) is 0 Å². The molecule has 186 valence electrons. The van der Waals surface area contributed by atoms with E-state index in [1.807, 2.05) is 86.2 Å². The molecule has 0 radical (unpaired) electrons. The van der Waals surface area contributed by atoms with Gasteiger partial charge in [0.15, 0.2) is 0 Å². The Bertz CT molecular complexity index is 1220. The molecule has 0 aliphatic carbocycles. The molecule has 3 N–H and O–H groups in total. The molecule has 3 heterocycles. The van der Waals surface area contributed by atoms with E-state index in [9.17, 15) is 4.79 Å². The molecule has 1 unspecified atom stereocenters. The highest BCUT2D eigenvalue weighted by Gasteiger charge is 2.20. The molecular formula is C28H31N5O3. The third-order valence-corrected chi connectivity index (χ3v) is 5.70. The highest BCUT2D eigenvalue weighted by atomic mass is 16.5. The van der Waals surface area contributed by atoms with Crippen LogP contribution in [0.4, 0.5) is 5.69 Å². The Balaban J connectivity index is 0.000000445. The molecule has 0 saturated carbocycles. The minimum Gasteiger partial charge on any atom is -0.481 e. The number of benzene rings is 2. The van der Waals surface area contributed by atoms with Crippen molar-refractivity contribution in [3.63, 3.8) is 0 Å². The molecule has 0 saturated heterocycles. The number of rotatable bonds is 8. The maximum absolute atomic E-state index is 10.7. The second kappa shape index (κ2) is 12.5. The number of ether oxygens (including phenoxy) is 1. The van der Waals surface area contributed by atoms with E-state index in [1.165, 1.54) is 5.56 Å². The van der Waals surface area contributed by atoms with Gasteiger partial charge in [-0.2, -0.15) is 5.10 Å². The highest BCUT2D eigenvalue weighted by molar-refractivity contribution is 5.70. The Morgan fingerprint density at radius 3 is 2.42 bits per heavy atom. The number of anilines is 1. The van der Waals surface area contributed by atoms with Crippen molar-refractivity contribution in [1.82, 2.24) is 20.1 Å². The van der Waals surface area contributed by atoms with Gasteiger partial charge >= 0.3 is 5.97 Å². The van der Waals surface area contributed by atoms with Crippen molar-refractivity contribution in [1.29, 1.82) is 0 Å². The van der Waals surface area contributed by atoms with Crippen molar-refractivity contribution in [3.05, 3.63) is 96.4 Å². The number of aliphatic carboxylic acids is 1. The number of carbonyl (C=O) groups is 1. The number of nitrogens with zero attached hydrogens (tertiary/aromatic N) is 3. The SMILES string of the molecule is Cn1cc(-c2cnc3c(c2)NCC(CNCCc2ccc(CC(=O)O)cc2)O3)cn1.c1ccccc1. The predicted octanol–water partition coefficient (Wildman–Crippen LogP) is 3.80. The zero-order chi connectivity index (χ0) is 25.2. The third-order valence-electron chi connectivity index (χ3n) is 5.70. The molecule has 5 rings (SSSR count). The fourth-order valence-electron chi connectivity index (χ4n) is 3.82. The van der Waals surface area contributed by atoms with Gasteiger partial charge in [-0.1, -0.05) is 60.7 Å². The van der Waals surface area contributed by atoms with Crippen LogP contribution in [0.1, 0.15) is 11.1 Å². The van der Waals surface area contributed by atoms with Crippen LogP contribution in [0.2, 0.25) is 0 Å². The molecule has 8 nitrogen and oxygen atoms in total. The van der Waals surface area contributed by atoms with Crippen LogP contribution in [0.3, 0.4) is 0 Å². The monoisotopic (exact) mass is 485 g/mol. The van der Waals surface area contributed by atoms with Crippen molar-refractivity contribution in [2.45, 2.75) is 18.9 Å². The van der Waals surface area contributed by atoms with Crippen LogP contribution in [-0.2, 0) is 24.7 Å². The normalized spacial score (nSPS) is 14.0. The lowest BCUT2D eigenvalue weighted by Crippen LogP contribution is -2.40. The first-order chi connectivity index (χ1) is 17.6. The summed E-state index contributed by atoms with van der Waals surface area (Å²) in [5.41, 5.74) is 4.92. The van der Waals surface area contributed by atoms with E-state index < -0.39 is 5.97 Å². The van der Waals surface area contributed by atoms with Crippen LogP contribution in [0.15, 0.2) is 85.3 Å². The first-order valence-electron chi connectivity index (χ1n) is 12.0. The van der Waals surface area contributed by atoms with Crippen LogP contribution in [0.5, 0.6) is 5.88 Å². The van der Waals surface area contributed by atoms with Gasteiger partial charge in [0.1, 0.15) is 6.10 Å². The fourth-order valence-corrected chi connectivity index (χ4v) is 3.82. The Hall–Kier alpha value is -4.17. The Morgan fingerprint density at radius 1 is 1.08 bits per heavy atom. The number of hydrogen-bond donors (Lipinski definition) is 3. The first-order valence-corrected chi connectivity index (χ1v) is 12.0. The number of aryl methyl sites for hydroxylation is 1. The second-order valence-electron chi connectivity index (χ2n) is 8.60. The first kappa shape index (κ1) is 24.9. The number of carboxylic acids is 1. The lowest BCUT2D eigenvalue weighted by atomic mass is 10.1. The van der Waals surface area contributed by atoms with Crippen LogP contribution in [-0.4, -0.2) is 51.6 Å². The summed E-state index contributed by atoms with van der Waals surface area (Å²) in [6.45, 7) is 2.25. The molecular weight excluding hydrogens is 454 g/mol. The summed E-state index contributed by atoms with van der Waals surface area (Å²) >= 11 is 0. The molecule has 0 bridgehead atoms. The van der Waals surface area contributed by atoms with Crippen molar-refractivity contribution < 1.29 is 14.6 Å². The van der Waals surface area contributed by atoms with Crippen LogP contribution in [0.25, 0.3) is 11.1 Å². The minimum absolute atomic E-state index is 0.00665. The van der Waals surface area contributed by atoms with Crippen LogP contribution < -0.4 is 15.4 Å². The van der Waals surface area contributed by atoms with E-state index in [0.717, 1.165) is 41.9 Å². The van der Waals surface area contributed by atoms with Crippen LogP contribution in [0, 0.1) is 0 Å². The second-order valence-corrected chi connectivity index (χ2v) is 8.60. The smallest absolute Gasteiger partial charge is 0.307 e. The van der Waals surface area contributed by atoms with E-state index in [4.69, 9.17) is 9.84 Å². The van der Waals surface area contributed by atoms with Gasteiger partial charge < -0.3 is 20.5 Å². The third kappa shape index (κ3) is 7.41. The van der Waals surface area contributed by atoms with Crippen molar-refractivity contribution >= 4 is 11.7 Å². The quantitative estimate of drug-likeness (QED) is 0.326. The molecule has 4 aromatic rings. The standard InChI is InChI=1S/C22H25N5O3.C6H6/c1-27-14-18(11-26-27)17-9-20-22(25-10-17)30-19(13-24-20)12-23-7-6-15-2-4-16(5-3-15)8-21(28)29;1-2-4-6-5-3-1/h2-5,9-11,14,19,23-24H,6-8,12-13H2,1H3,(H,28,29);1-6H. The molecule has 1 atom stereocenters. The number of aromatic nitrogens is 3. The van der Waals surface area contributed by atoms with E-state index in [0.29, 0.717) is 12.4 Å². The van der Waals surface area contributed by atoms with E-state index >= 15 is 0 Å². The highest BCUT2D eigenvalue weighted by Crippen LogP contribution is 2.30. The van der Waals surface area contributed by atoms with Crippen molar-refractivity contribution in [3.8, 4) is 17.0 Å². The molecule has 0 fully saturated rings. The van der Waals surface area contributed by atoms with Gasteiger partial charge in [0.25, 0.3) is 0 Å². The maximum atomic E-state index is 10.7. The predicted molar refractivity (Wildman–Crippen MR) is 140 cm³/mol. The van der Waals surface area contributed by atoms with Gasteiger partial charge in [0.05, 0.1) is 24.8 Å². The van der Waals surface area contributed by atoms with Gasteiger partial charge in [-0.05, 0) is 30.2 Å². The lowest BCUT2D eigenvalue weighted by Gasteiger charge is -2.27. The molecule has 8 heteroatoms. The van der Waals surface area contributed by atoms with Gasteiger partial charge in [-0.25, -0.2) is 4.98 Å². The summed E-state index contributed by atoms with van der Waals surface area (Å²) in [6, 6.07) is 21.8. The van der Waals surface area contributed by atoms with E-state index in [-0.39, 0.29) is 12.5 Å². The van der Waals surface area contributed by atoms with Gasteiger partial charge in [0.2, 0.25) is 5.88 Å². The minimum atomic E-state index is -0.810. The fraction of sp³-hybridized carbons (Fsp3) is 0.250. The number of hydrogen-bond acceptors (Lipinski definition) is 6.